The Morgan fingerprint density at radius 2 is 2.00 bits per heavy atom. The smallest absolute Gasteiger partial charge is 0.190 e. The van der Waals surface area contributed by atoms with Gasteiger partial charge < -0.3 is 4.90 Å². The molecule has 0 aliphatic rings. The lowest BCUT2D eigenvalue weighted by Crippen LogP contribution is -2.04. The Hall–Kier alpha value is -1.71. The van der Waals surface area contributed by atoms with Crippen LogP contribution in [0, 0.1) is 11.6 Å². The fraction of sp³-hybridized carbons (Fsp3) is 0.182. The normalized spacial score (nSPS) is 10.7. The van der Waals surface area contributed by atoms with Crippen molar-refractivity contribution in [1.82, 2.24) is 4.90 Å². The minimum absolute atomic E-state index is 0.130. The predicted molar refractivity (Wildman–Crippen MR) is 53.5 cm³/mol. The number of carbonyl (C=O) groups is 1. The monoisotopic (exact) mass is 211 g/mol. The predicted octanol–water partition coefficient (Wildman–Crippen LogP) is 2.22. The van der Waals surface area contributed by atoms with Crippen molar-refractivity contribution in [3.63, 3.8) is 0 Å². The lowest BCUT2D eigenvalue weighted by Gasteiger charge is -2.03. The minimum Gasteiger partial charge on any atom is -0.383 e. The second-order valence-corrected chi connectivity index (χ2v) is 3.27. The van der Waals surface area contributed by atoms with Crippen molar-refractivity contribution in [2.24, 2.45) is 0 Å². The molecule has 0 heterocycles. The van der Waals surface area contributed by atoms with Crippen molar-refractivity contribution >= 4 is 5.78 Å². The second-order valence-electron chi connectivity index (χ2n) is 3.27. The van der Waals surface area contributed by atoms with E-state index in [-0.39, 0.29) is 5.56 Å². The second kappa shape index (κ2) is 4.68. The van der Waals surface area contributed by atoms with Gasteiger partial charge in [0.25, 0.3) is 0 Å². The summed E-state index contributed by atoms with van der Waals surface area (Å²) in [5, 5.41) is 0. The van der Waals surface area contributed by atoms with Gasteiger partial charge in [0.05, 0.1) is 5.56 Å². The first-order valence-electron chi connectivity index (χ1n) is 4.34. The standard InChI is InChI=1S/C11H11F2NO/c1-14(2)6-5-11(15)9-4-3-8(12)7-10(9)13/h3-7H,1-2H3/b6-5+. The van der Waals surface area contributed by atoms with E-state index in [1.54, 1.807) is 19.0 Å². The number of ketones is 1. The number of rotatable bonds is 3. The minimum atomic E-state index is -0.844. The van der Waals surface area contributed by atoms with Crippen LogP contribution in [0.3, 0.4) is 0 Å². The maximum Gasteiger partial charge on any atom is 0.190 e. The molecule has 15 heavy (non-hydrogen) atoms. The highest BCUT2D eigenvalue weighted by Gasteiger charge is 2.09. The lowest BCUT2D eigenvalue weighted by atomic mass is 10.1. The third-order valence-electron chi connectivity index (χ3n) is 1.72. The van der Waals surface area contributed by atoms with E-state index >= 15 is 0 Å². The summed E-state index contributed by atoms with van der Waals surface area (Å²) in [4.78, 5) is 13.1. The quantitative estimate of drug-likeness (QED) is 0.564. The molecule has 2 nitrogen and oxygen atoms in total. The summed E-state index contributed by atoms with van der Waals surface area (Å²) in [7, 11) is 3.48. The number of benzene rings is 1. The molecule has 0 saturated heterocycles. The van der Waals surface area contributed by atoms with Crippen LogP contribution in [0.15, 0.2) is 30.5 Å². The Balaban J connectivity index is 2.92. The summed E-state index contributed by atoms with van der Waals surface area (Å²) >= 11 is 0. The van der Waals surface area contributed by atoms with Gasteiger partial charge in [0.1, 0.15) is 11.6 Å². The molecule has 1 rings (SSSR count). The van der Waals surface area contributed by atoms with Crippen molar-refractivity contribution in [1.29, 1.82) is 0 Å². The fourth-order valence-corrected chi connectivity index (χ4v) is 0.996. The Kier molecular flexibility index (Phi) is 3.55. The van der Waals surface area contributed by atoms with Crippen molar-refractivity contribution < 1.29 is 13.6 Å². The summed E-state index contributed by atoms with van der Waals surface area (Å²) < 4.78 is 25.7. The Labute approximate surface area is 86.8 Å². The topological polar surface area (TPSA) is 20.3 Å². The lowest BCUT2D eigenvalue weighted by molar-refractivity contribution is 0.104. The third kappa shape index (κ3) is 3.16. The van der Waals surface area contributed by atoms with Crippen LogP contribution >= 0.6 is 0 Å². The van der Waals surface area contributed by atoms with Crippen LogP contribution in [0.2, 0.25) is 0 Å². The number of hydrogen-bond acceptors (Lipinski definition) is 2. The average molecular weight is 211 g/mol. The van der Waals surface area contributed by atoms with Gasteiger partial charge in [-0.05, 0) is 12.1 Å². The van der Waals surface area contributed by atoms with E-state index in [0.717, 1.165) is 12.1 Å². The summed E-state index contributed by atoms with van der Waals surface area (Å²) in [6.45, 7) is 0. The zero-order chi connectivity index (χ0) is 11.4. The van der Waals surface area contributed by atoms with E-state index in [4.69, 9.17) is 0 Å². The van der Waals surface area contributed by atoms with Gasteiger partial charge in [0.15, 0.2) is 5.78 Å². The van der Waals surface area contributed by atoms with Crippen LogP contribution in [0.4, 0.5) is 8.78 Å². The van der Waals surface area contributed by atoms with E-state index < -0.39 is 17.4 Å². The molecule has 80 valence electrons. The Morgan fingerprint density at radius 3 is 2.53 bits per heavy atom. The highest BCUT2D eigenvalue weighted by atomic mass is 19.1. The van der Waals surface area contributed by atoms with Crippen LogP contribution in [0.25, 0.3) is 0 Å². The first-order chi connectivity index (χ1) is 7.00. The largest absolute Gasteiger partial charge is 0.383 e. The number of halogens is 2. The highest BCUT2D eigenvalue weighted by Crippen LogP contribution is 2.10. The molecular weight excluding hydrogens is 200 g/mol. The van der Waals surface area contributed by atoms with Gasteiger partial charge in [0.2, 0.25) is 0 Å². The van der Waals surface area contributed by atoms with Crippen molar-refractivity contribution in [2.75, 3.05) is 14.1 Å². The number of nitrogens with zero attached hydrogens (tertiary/aromatic N) is 1. The molecule has 1 aromatic rings. The Morgan fingerprint density at radius 1 is 1.33 bits per heavy atom. The van der Waals surface area contributed by atoms with Gasteiger partial charge in [0, 0.05) is 32.4 Å². The van der Waals surface area contributed by atoms with Gasteiger partial charge in [-0.1, -0.05) is 0 Å². The van der Waals surface area contributed by atoms with Crippen molar-refractivity contribution in [3.8, 4) is 0 Å². The first-order valence-corrected chi connectivity index (χ1v) is 4.34. The van der Waals surface area contributed by atoms with E-state index in [2.05, 4.69) is 0 Å². The number of hydrogen-bond donors (Lipinski definition) is 0. The summed E-state index contributed by atoms with van der Waals surface area (Å²) in [6, 6.07) is 2.88. The van der Waals surface area contributed by atoms with Gasteiger partial charge in [-0.3, -0.25) is 4.79 Å². The third-order valence-corrected chi connectivity index (χ3v) is 1.72. The molecular formula is C11H11F2NO. The van der Waals surface area contributed by atoms with E-state index in [9.17, 15) is 13.6 Å². The molecule has 1 aromatic carbocycles. The van der Waals surface area contributed by atoms with E-state index in [1.807, 2.05) is 0 Å². The fourth-order valence-electron chi connectivity index (χ4n) is 0.996. The van der Waals surface area contributed by atoms with Crippen LogP contribution in [0.1, 0.15) is 10.4 Å². The zero-order valence-electron chi connectivity index (χ0n) is 8.50. The summed E-state index contributed by atoms with van der Waals surface area (Å²) in [5.74, 6) is -2.02. The zero-order valence-corrected chi connectivity index (χ0v) is 8.50. The van der Waals surface area contributed by atoms with Crippen molar-refractivity contribution in [2.45, 2.75) is 0 Å². The van der Waals surface area contributed by atoms with Crippen LogP contribution < -0.4 is 0 Å². The molecule has 0 aromatic heterocycles. The van der Waals surface area contributed by atoms with Crippen LogP contribution in [-0.4, -0.2) is 24.8 Å². The Bertz CT molecular complexity index is 400. The van der Waals surface area contributed by atoms with Gasteiger partial charge in [-0.2, -0.15) is 0 Å². The molecule has 0 atom stereocenters. The maximum absolute atomic E-state index is 13.1. The molecule has 0 spiro atoms. The summed E-state index contributed by atoms with van der Waals surface area (Å²) in [6.07, 6.45) is 2.74. The molecule has 0 aliphatic heterocycles. The van der Waals surface area contributed by atoms with E-state index in [1.165, 1.54) is 12.3 Å². The molecule has 0 aliphatic carbocycles. The molecule has 0 N–H and O–H groups in total. The maximum atomic E-state index is 13.1. The van der Waals surface area contributed by atoms with Crippen LogP contribution in [0.5, 0.6) is 0 Å². The molecule has 4 heteroatoms. The first kappa shape index (κ1) is 11.4. The average Bonchev–Trinajstić information content (AvgIpc) is 2.14. The van der Waals surface area contributed by atoms with E-state index in [0.29, 0.717) is 6.07 Å². The van der Waals surface area contributed by atoms with Crippen LogP contribution in [-0.2, 0) is 0 Å². The molecule has 0 unspecified atom stereocenters. The summed E-state index contributed by atoms with van der Waals surface area (Å²) in [5.41, 5.74) is -0.130. The molecule has 0 saturated carbocycles. The van der Waals surface area contributed by atoms with Crippen molar-refractivity contribution in [3.05, 3.63) is 47.7 Å². The molecule has 0 radical (unpaired) electrons. The number of allylic oxidation sites excluding steroid dienone is 1. The highest BCUT2D eigenvalue weighted by molar-refractivity contribution is 6.04. The number of carbonyl (C=O) groups excluding carboxylic acids is 1. The molecule has 0 bridgehead atoms. The molecule has 0 amide bonds. The van der Waals surface area contributed by atoms with Gasteiger partial charge in [-0.15, -0.1) is 0 Å². The molecule has 0 fully saturated rings. The van der Waals surface area contributed by atoms with Gasteiger partial charge in [-0.25, -0.2) is 8.78 Å². The SMILES string of the molecule is CN(C)/C=C/C(=O)c1ccc(F)cc1F. The van der Waals surface area contributed by atoms with Gasteiger partial charge >= 0.3 is 0 Å².